The van der Waals surface area contributed by atoms with Crippen molar-refractivity contribution in [3.05, 3.63) is 143 Å². The zero-order valence-corrected chi connectivity index (χ0v) is 45.7. The number of hydrogen-bond donors (Lipinski definition) is 1. The molecule has 0 amide bonds. The first-order valence-corrected chi connectivity index (χ1v) is 27.5. The molecule has 1 atom stereocenters. The number of carbonyl (C=O) groups is 1. The van der Waals surface area contributed by atoms with Crippen LogP contribution in [0.25, 0.3) is 43.8 Å². The van der Waals surface area contributed by atoms with Gasteiger partial charge in [-0.15, -0.1) is 0 Å². The summed E-state index contributed by atoms with van der Waals surface area (Å²) in [6.07, 6.45) is -1.39. The maximum atomic E-state index is 13.2. The number of rotatable bonds is 27. The Morgan fingerprint density at radius 3 is 1.21 bits per heavy atom. The van der Waals surface area contributed by atoms with E-state index >= 15 is 0 Å². The van der Waals surface area contributed by atoms with Crippen LogP contribution in [-0.4, -0.2) is 35.3 Å². The summed E-state index contributed by atoms with van der Waals surface area (Å²) < 4.78 is 127. The molecule has 0 bridgehead atoms. The topological polar surface area (TPSA) is 37.3 Å². The predicted molar refractivity (Wildman–Crippen MR) is 295 cm³/mol. The molecule has 12 heteroatoms. The molecule has 0 heterocycles. The second kappa shape index (κ2) is 28.0. The largest absolute Gasteiger partial charge is 0.481 e. The van der Waals surface area contributed by atoms with E-state index in [0.29, 0.717) is 12.8 Å². The number of carboxylic acid groups (broad SMARTS) is 1. The van der Waals surface area contributed by atoms with Crippen LogP contribution in [0.4, 0.5) is 43.9 Å². The van der Waals surface area contributed by atoms with Crippen LogP contribution in [0.5, 0.6) is 0 Å². The Kier molecular flexibility index (Phi) is 22.7. The van der Waals surface area contributed by atoms with Gasteiger partial charge in [-0.2, -0.15) is 43.9 Å². The number of carboxylic acids is 1. The molecule has 0 aliphatic rings. The molecular weight excluding hydrogens is 1000 g/mol. The number of alkyl halides is 10. The lowest BCUT2D eigenvalue weighted by molar-refractivity contribution is -0.284. The normalized spacial score (nSPS) is 13.0. The van der Waals surface area contributed by atoms with E-state index in [1.807, 2.05) is 13.8 Å². The molecule has 0 fully saturated rings. The van der Waals surface area contributed by atoms with E-state index in [9.17, 15) is 53.8 Å². The predicted octanol–water partition coefficient (Wildman–Crippen LogP) is 21.5. The maximum Gasteiger partial charge on any atom is 0.453 e. The fourth-order valence-electron chi connectivity index (χ4n) is 10.4. The van der Waals surface area contributed by atoms with E-state index in [4.69, 9.17) is 0 Å². The third kappa shape index (κ3) is 18.9. The highest BCUT2D eigenvalue weighted by molar-refractivity contribution is 5.93. The molecular formula is C65H78F10O2. The molecule has 1 unspecified atom stereocenters. The van der Waals surface area contributed by atoms with Gasteiger partial charge in [0.15, 0.2) is 0 Å². The van der Waals surface area contributed by atoms with Crippen molar-refractivity contribution in [3.8, 4) is 22.3 Å². The van der Waals surface area contributed by atoms with Gasteiger partial charge >= 0.3 is 30.2 Å². The van der Waals surface area contributed by atoms with Gasteiger partial charge in [-0.1, -0.05) is 197 Å². The third-order valence-corrected chi connectivity index (χ3v) is 15.1. The summed E-state index contributed by atoms with van der Waals surface area (Å²) in [6.45, 7) is 12.3. The van der Waals surface area contributed by atoms with Crippen LogP contribution in [-0.2, 0) is 17.6 Å². The molecule has 0 aliphatic heterocycles. The van der Waals surface area contributed by atoms with E-state index in [1.54, 1.807) is 0 Å². The van der Waals surface area contributed by atoms with Crippen molar-refractivity contribution in [2.45, 2.75) is 194 Å². The lowest BCUT2D eigenvalue weighted by atomic mass is 9.81. The number of halogens is 10. The molecule has 420 valence electrons. The first kappa shape index (κ1) is 62.5. The molecule has 6 aromatic rings. The van der Waals surface area contributed by atoms with Crippen LogP contribution in [0.3, 0.4) is 0 Å². The number of fused-ring (bicyclic) bond motifs is 2. The van der Waals surface area contributed by atoms with Gasteiger partial charge in [0.25, 0.3) is 0 Å². The van der Waals surface area contributed by atoms with Crippen molar-refractivity contribution >= 4 is 27.5 Å². The molecule has 0 saturated heterocycles. The number of aryl methyl sites for hydroxylation is 6. The molecule has 0 saturated carbocycles. The zero-order valence-electron chi connectivity index (χ0n) is 45.7. The highest BCUT2D eigenvalue weighted by Crippen LogP contribution is 2.42. The molecule has 0 aliphatic carbocycles. The minimum atomic E-state index is -5.60. The van der Waals surface area contributed by atoms with Gasteiger partial charge in [-0.25, -0.2) is 0 Å². The summed E-state index contributed by atoms with van der Waals surface area (Å²) >= 11 is 0. The van der Waals surface area contributed by atoms with Crippen LogP contribution >= 0.6 is 0 Å². The fraction of sp³-hybridized carbons (Fsp3) is 0.492. The van der Waals surface area contributed by atoms with Crippen LogP contribution in [0.2, 0.25) is 0 Å². The van der Waals surface area contributed by atoms with Crippen molar-refractivity contribution in [2.24, 2.45) is 11.3 Å². The zero-order chi connectivity index (χ0) is 56.6. The molecule has 6 rings (SSSR count). The molecule has 1 N–H and O–H groups in total. The Balaban J connectivity index is 0.000000284. The number of unbranched alkanes of at least 4 members (excludes halogenated alkanes) is 8. The average Bonchev–Trinajstić information content (AvgIpc) is 3.36. The second-order valence-corrected chi connectivity index (χ2v) is 22.3. The van der Waals surface area contributed by atoms with Gasteiger partial charge in [0.05, 0.1) is 5.92 Å². The summed E-state index contributed by atoms with van der Waals surface area (Å²) in [5.74, 6) is -11.4. The monoisotopic (exact) mass is 1080 g/mol. The van der Waals surface area contributed by atoms with Crippen molar-refractivity contribution in [2.75, 3.05) is 0 Å². The Labute approximate surface area is 450 Å². The van der Waals surface area contributed by atoms with E-state index < -0.39 is 55.3 Å². The lowest BCUT2D eigenvalue weighted by Gasteiger charge is -2.26. The summed E-state index contributed by atoms with van der Waals surface area (Å²) in [5.41, 5.74) is 12.3. The number of benzene rings is 6. The van der Waals surface area contributed by atoms with Crippen LogP contribution in [0.1, 0.15) is 163 Å². The van der Waals surface area contributed by atoms with Crippen LogP contribution in [0, 0.1) is 39.0 Å². The minimum Gasteiger partial charge on any atom is -0.481 e. The average molecular weight is 1080 g/mol. The van der Waals surface area contributed by atoms with Gasteiger partial charge in [-0.3, -0.25) is 4.79 Å². The summed E-state index contributed by atoms with van der Waals surface area (Å²) in [5, 5.41) is 14.4. The molecule has 0 radical (unpaired) electrons. The summed E-state index contributed by atoms with van der Waals surface area (Å²) in [7, 11) is 0. The first-order valence-electron chi connectivity index (χ1n) is 27.5. The summed E-state index contributed by atoms with van der Waals surface area (Å²) in [4.78, 5) is 11.5. The smallest absolute Gasteiger partial charge is 0.453 e. The number of aliphatic carboxylic acids is 1. The van der Waals surface area contributed by atoms with E-state index in [0.717, 1.165) is 77.0 Å². The second-order valence-electron chi connectivity index (χ2n) is 22.3. The van der Waals surface area contributed by atoms with E-state index in [1.165, 1.54) is 77.2 Å². The Morgan fingerprint density at radius 1 is 0.416 bits per heavy atom. The van der Waals surface area contributed by atoms with E-state index in [2.05, 4.69) is 137 Å². The van der Waals surface area contributed by atoms with Gasteiger partial charge in [0.1, 0.15) is 0 Å². The Morgan fingerprint density at radius 2 is 0.779 bits per heavy atom. The van der Waals surface area contributed by atoms with Crippen molar-refractivity contribution in [1.82, 2.24) is 0 Å². The first-order chi connectivity index (χ1) is 36.2. The molecule has 77 heavy (non-hydrogen) atoms. The molecule has 0 aromatic heterocycles. The lowest BCUT2D eigenvalue weighted by Crippen LogP contribution is -2.36. The Hall–Kier alpha value is -5.39. The van der Waals surface area contributed by atoms with Gasteiger partial charge < -0.3 is 5.11 Å². The molecule has 0 spiro atoms. The number of hydrogen-bond acceptors (Lipinski definition) is 1. The standard InChI is InChI=1S/C33H41F5.C32H37F5O2/c1-24-12-15-26(16-13-24)28-19-17-27-23-25(2)14-18-29(27)30(28)11-8-6-5-7-9-20-31(3,4)21-10-22-32(34,35)33(36,37)38;1-22-12-15-24(16-13-22)27-19-17-26-21-23(2)14-18-28(26)29(27)11-7-5-3-4-6-9-25(30(38)39)10-8-20-31(33,34)32(35,36)37/h12-19,23H,5-11,20-22H2,1-4H3;12-19,21,25H,3-11,20H2,1-2H3,(H,38,39). The van der Waals surface area contributed by atoms with Crippen molar-refractivity contribution in [1.29, 1.82) is 0 Å². The van der Waals surface area contributed by atoms with Gasteiger partial charge in [0, 0.05) is 12.8 Å². The quantitative estimate of drug-likeness (QED) is 0.0412. The van der Waals surface area contributed by atoms with Gasteiger partial charge in [-0.05, 0) is 152 Å². The SMILES string of the molecule is Cc1ccc(-c2ccc3cc(C)ccc3c2CCCCCCCC(C)(C)CCCC(F)(F)C(F)(F)F)cc1.Cc1ccc(-c2ccc3cc(C)ccc3c2CCCCCCCC(CCCC(F)(F)C(F)(F)F)C(=O)O)cc1. The highest BCUT2D eigenvalue weighted by Gasteiger charge is 2.57. The third-order valence-electron chi connectivity index (χ3n) is 15.1. The van der Waals surface area contributed by atoms with Crippen molar-refractivity contribution in [3.63, 3.8) is 0 Å². The maximum absolute atomic E-state index is 13.2. The summed E-state index contributed by atoms with van der Waals surface area (Å²) in [6, 6.07) is 39.2. The fourth-order valence-corrected chi connectivity index (χ4v) is 10.4. The molecule has 2 nitrogen and oxygen atoms in total. The Bertz CT molecular complexity index is 2790. The minimum absolute atomic E-state index is 0.118. The van der Waals surface area contributed by atoms with Crippen molar-refractivity contribution < 1.29 is 53.8 Å². The molecule has 6 aromatic carbocycles. The van der Waals surface area contributed by atoms with Crippen LogP contribution < -0.4 is 0 Å². The van der Waals surface area contributed by atoms with E-state index in [-0.39, 0.29) is 24.7 Å². The van der Waals surface area contributed by atoms with Gasteiger partial charge in [0.2, 0.25) is 0 Å². The highest BCUT2D eigenvalue weighted by atomic mass is 19.4. The van der Waals surface area contributed by atoms with Crippen LogP contribution in [0.15, 0.2) is 109 Å².